The minimum absolute atomic E-state index is 0.194. The van der Waals surface area contributed by atoms with Gasteiger partial charge in [0.15, 0.2) is 5.82 Å². The molecule has 29 heavy (non-hydrogen) atoms. The van der Waals surface area contributed by atoms with Crippen LogP contribution in [0.1, 0.15) is 67.1 Å². The molecule has 0 radical (unpaired) electrons. The molecule has 0 saturated heterocycles. The fourth-order valence-electron chi connectivity index (χ4n) is 3.07. The summed E-state index contributed by atoms with van der Waals surface area (Å²) in [4.78, 5) is 22.9. The van der Waals surface area contributed by atoms with E-state index in [1.54, 1.807) is 15.9 Å². The van der Waals surface area contributed by atoms with Gasteiger partial charge in [0, 0.05) is 12.0 Å². The lowest BCUT2D eigenvalue weighted by Crippen LogP contribution is -2.28. The number of carbonyl (C=O) groups excluding carboxylic acids is 1. The normalized spacial score (nSPS) is 12.7. The molecule has 0 aliphatic carbocycles. The number of carbonyl (C=O) groups is 1. The largest absolute Gasteiger partial charge is 0.443 e. The number of ether oxygens (including phenoxy) is 1. The second-order valence-electron chi connectivity index (χ2n) is 9.24. The summed E-state index contributed by atoms with van der Waals surface area (Å²) in [7, 11) is 0. The highest BCUT2D eigenvalue weighted by Gasteiger charge is 2.27. The maximum Gasteiger partial charge on any atom is 0.420 e. The Balaban J connectivity index is 2.34. The van der Waals surface area contributed by atoms with Crippen molar-refractivity contribution in [2.45, 2.75) is 78.9 Å². The SMILES string of the molecule is CCCCc1nc2c(NC(C)(C)C)nc3cc(Br)sc3c2n1C(=O)OC(C)(C)C. The van der Waals surface area contributed by atoms with Gasteiger partial charge in [0.2, 0.25) is 0 Å². The first-order valence-electron chi connectivity index (χ1n) is 9.91. The van der Waals surface area contributed by atoms with Crippen LogP contribution in [-0.2, 0) is 11.2 Å². The van der Waals surface area contributed by atoms with E-state index < -0.39 is 11.7 Å². The molecule has 0 saturated carbocycles. The molecule has 3 aromatic heterocycles. The van der Waals surface area contributed by atoms with E-state index >= 15 is 0 Å². The molecule has 0 aliphatic rings. The number of unbranched alkanes of at least 4 members (excludes halogenated alkanes) is 1. The molecule has 0 fully saturated rings. The van der Waals surface area contributed by atoms with E-state index in [9.17, 15) is 4.79 Å². The molecule has 0 unspecified atom stereocenters. The average Bonchev–Trinajstić information content (AvgIpc) is 3.09. The summed E-state index contributed by atoms with van der Waals surface area (Å²) in [6.07, 6.45) is 2.26. The van der Waals surface area contributed by atoms with Gasteiger partial charge < -0.3 is 10.1 Å². The van der Waals surface area contributed by atoms with Crippen LogP contribution in [0.4, 0.5) is 10.6 Å². The number of anilines is 1. The van der Waals surface area contributed by atoms with Crippen molar-refractivity contribution in [2.24, 2.45) is 0 Å². The number of rotatable bonds is 4. The van der Waals surface area contributed by atoms with E-state index in [1.807, 2.05) is 26.8 Å². The Morgan fingerprint density at radius 2 is 1.93 bits per heavy atom. The number of hydrogen-bond donors (Lipinski definition) is 1. The Hall–Kier alpha value is -1.67. The van der Waals surface area contributed by atoms with Crippen LogP contribution in [0.15, 0.2) is 9.85 Å². The van der Waals surface area contributed by atoms with Gasteiger partial charge in [-0.25, -0.2) is 19.3 Å². The number of aromatic nitrogens is 3. The predicted octanol–water partition coefficient (Wildman–Crippen LogP) is 6.74. The molecular formula is C21H29BrN4O2S. The Labute approximate surface area is 184 Å². The van der Waals surface area contributed by atoms with Crippen molar-refractivity contribution in [2.75, 3.05) is 5.32 Å². The highest BCUT2D eigenvalue weighted by atomic mass is 79.9. The van der Waals surface area contributed by atoms with Gasteiger partial charge in [-0.3, -0.25) is 0 Å². The van der Waals surface area contributed by atoms with E-state index in [1.165, 1.54) is 0 Å². The summed E-state index contributed by atoms with van der Waals surface area (Å²) >= 11 is 5.12. The van der Waals surface area contributed by atoms with Crippen molar-refractivity contribution in [3.05, 3.63) is 15.7 Å². The lowest BCUT2D eigenvalue weighted by molar-refractivity contribution is 0.0539. The smallest absolute Gasteiger partial charge is 0.420 e. The highest BCUT2D eigenvalue weighted by molar-refractivity contribution is 9.11. The van der Waals surface area contributed by atoms with Crippen molar-refractivity contribution < 1.29 is 9.53 Å². The van der Waals surface area contributed by atoms with Crippen molar-refractivity contribution >= 4 is 60.4 Å². The van der Waals surface area contributed by atoms with E-state index in [2.05, 4.69) is 48.9 Å². The molecule has 0 atom stereocenters. The lowest BCUT2D eigenvalue weighted by Gasteiger charge is -2.22. The van der Waals surface area contributed by atoms with Crippen LogP contribution in [0, 0.1) is 0 Å². The number of fused-ring (bicyclic) bond motifs is 3. The van der Waals surface area contributed by atoms with Crippen LogP contribution in [0.5, 0.6) is 0 Å². The lowest BCUT2D eigenvalue weighted by atomic mass is 10.1. The van der Waals surface area contributed by atoms with Gasteiger partial charge in [-0.1, -0.05) is 13.3 Å². The van der Waals surface area contributed by atoms with Gasteiger partial charge in [-0.05, 0) is 70.0 Å². The fraction of sp³-hybridized carbons (Fsp3) is 0.571. The third-order valence-corrected chi connectivity index (χ3v) is 5.76. The molecule has 6 nitrogen and oxygen atoms in total. The van der Waals surface area contributed by atoms with Gasteiger partial charge in [0.05, 0.1) is 14.0 Å². The fourth-order valence-corrected chi connectivity index (χ4v) is 4.63. The monoisotopic (exact) mass is 480 g/mol. The third kappa shape index (κ3) is 4.91. The van der Waals surface area contributed by atoms with E-state index in [-0.39, 0.29) is 5.54 Å². The number of hydrogen-bond acceptors (Lipinski definition) is 6. The van der Waals surface area contributed by atoms with Gasteiger partial charge in [0.1, 0.15) is 22.5 Å². The predicted molar refractivity (Wildman–Crippen MR) is 124 cm³/mol. The van der Waals surface area contributed by atoms with Crippen molar-refractivity contribution in [3.8, 4) is 0 Å². The molecule has 1 N–H and O–H groups in total. The molecule has 0 aromatic carbocycles. The Bertz CT molecular complexity index is 1060. The van der Waals surface area contributed by atoms with Crippen LogP contribution in [0.3, 0.4) is 0 Å². The van der Waals surface area contributed by atoms with E-state index in [0.717, 1.165) is 32.4 Å². The second-order valence-corrected chi connectivity index (χ2v) is 11.7. The third-order valence-electron chi connectivity index (χ3n) is 4.12. The van der Waals surface area contributed by atoms with Gasteiger partial charge in [-0.15, -0.1) is 11.3 Å². The van der Waals surface area contributed by atoms with Crippen LogP contribution in [-0.4, -0.2) is 31.8 Å². The Morgan fingerprint density at radius 1 is 1.24 bits per heavy atom. The maximum absolute atomic E-state index is 13.2. The van der Waals surface area contributed by atoms with Crippen LogP contribution < -0.4 is 5.32 Å². The molecule has 3 aromatic rings. The van der Waals surface area contributed by atoms with Gasteiger partial charge in [-0.2, -0.15) is 0 Å². The summed E-state index contributed by atoms with van der Waals surface area (Å²) in [5.41, 5.74) is 1.51. The first kappa shape index (κ1) is 22.0. The molecule has 8 heteroatoms. The molecule has 0 spiro atoms. The standard InChI is InChI=1S/C21H29BrN4O2S/c1-8-9-10-14-24-15-16(26(14)19(27)28-21(5,6)7)17-12(11-13(22)29-17)23-18(15)25-20(2,3)4/h11H,8-10H2,1-7H3,(H,23,25). The summed E-state index contributed by atoms with van der Waals surface area (Å²) in [6, 6.07) is 1.98. The molecule has 3 heterocycles. The molecule has 0 amide bonds. The minimum atomic E-state index is -0.593. The summed E-state index contributed by atoms with van der Waals surface area (Å²) < 4.78 is 9.28. The zero-order valence-corrected chi connectivity index (χ0v) is 20.5. The van der Waals surface area contributed by atoms with E-state index in [0.29, 0.717) is 23.6 Å². The first-order chi connectivity index (χ1) is 13.4. The number of aryl methyl sites for hydroxylation is 1. The number of thiophene rings is 1. The van der Waals surface area contributed by atoms with Crippen LogP contribution in [0.25, 0.3) is 21.3 Å². The van der Waals surface area contributed by atoms with Gasteiger partial charge in [0.25, 0.3) is 0 Å². The zero-order chi connectivity index (χ0) is 21.6. The number of imidazole rings is 1. The Kier molecular flexibility index (Phi) is 5.98. The minimum Gasteiger partial charge on any atom is -0.443 e. The zero-order valence-electron chi connectivity index (χ0n) is 18.1. The highest BCUT2D eigenvalue weighted by Crippen LogP contribution is 2.38. The summed E-state index contributed by atoms with van der Waals surface area (Å²) in [5, 5.41) is 3.46. The second kappa shape index (κ2) is 7.87. The van der Waals surface area contributed by atoms with Crippen molar-refractivity contribution in [1.29, 1.82) is 0 Å². The van der Waals surface area contributed by atoms with E-state index in [4.69, 9.17) is 14.7 Å². The van der Waals surface area contributed by atoms with Crippen LogP contribution >= 0.6 is 27.3 Å². The molecule has 0 aliphatic heterocycles. The van der Waals surface area contributed by atoms with Crippen molar-refractivity contribution in [3.63, 3.8) is 0 Å². The number of nitrogens with one attached hydrogen (secondary N) is 1. The number of halogens is 1. The topological polar surface area (TPSA) is 69.0 Å². The first-order valence-corrected chi connectivity index (χ1v) is 11.5. The molecular weight excluding hydrogens is 452 g/mol. The molecule has 3 rings (SSSR count). The molecule has 158 valence electrons. The Morgan fingerprint density at radius 3 is 2.52 bits per heavy atom. The average molecular weight is 481 g/mol. The molecule has 0 bridgehead atoms. The van der Waals surface area contributed by atoms with Crippen LogP contribution in [0.2, 0.25) is 0 Å². The maximum atomic E-state index is 13.2. The summed E-state index contributed by atoms with van der Waals surface area (Å²) in [5.74, 6) is 1.40. The van der Waals surface area contributed by atoms with Crippen molar-refractivity contribution in [1.82, 2.24) is 14.5 Å². The summed E-state index contributed by atoms with van der Waals surface area (Å²) in [6.45, 7) is 14.0. The number of pyridine rings is 1. The van der Waals surface area contributed by atoms with Gasteiger partial charge >= 0.3 is 6.09 Å². The number of nitrogens with zero attached hydrogens (tertiary/aromatic N) is 3. The quantitative estimate of drug-likeness (QED) is 0.447.